The van der Waals surface area contributed by atoms with E-state index in [0.29, 0.717) is 10.5 Å². The van der Waals surface area contributed by atoms with Gasteiger partial charge in [-0.2, -0.15) is 0 Å². The van der Waals surface area contributed by atoms with Crippen LogP contribution in [0.4, 0.5) is 0 Å². The molecule has 0 aliphatic rings. The minimum absolute atomic E-state index is 0.170. The maximum atomic E-state index is 11.2. The predicted octanol–water partition coefficient (Wildman–Crippen LogP) is 1.68. The molecule has 0 saturated heterocycles. The Hall–Kier alpha value is -1.42. The number of phenols is 1. The Morgan fingerprint density at radius 3 is 2.71 bits per heavy atom. The van der Waals surface area contributed by atoms with Crippen LogP contribution in [0.25, 0.3) is 10.9 Å². The zero-order chi connectivity index (χ0) is 10.1. The third-order valence-corrected chi connectivity index (χ3v) is 2.76. The molecule has 2 aromatic rings. The summed E-state index contributed by atoms with van der Waals surface area (Å²) in [6.07, 6.45) is 1.58. The fraction of sp³-hybridized carbons (Fsp3) is 0.100. The maximum absolute atomic E-state index is 11.2. The fourth-order valence-corrected chi connectivity index (χ4v) is 1.73. The molecule has 0 aliphatic carbocycles. The lowest BCUT2D eigenvalue weighted by Gasteiger charge is -2.00. The monoisotopic (exact) mass is 207 g/mol. The van der Waals surface area contributed by atoms with Crippen LogP contribution >= 0.6 is 0 Å². The van der Waals surface area contributed by atoms with Gasteiger partial charge in [-0.25, -0.2) is 4.98 Å². The number of benzene rings is 1. The minimum Gasteiger partial charge on any atom is -0.508 e. The van der Waals surface area contributed by atoms with Gasteiger partial charge in [0.2, 0.25) is 0 Å². The molecule has 0 radical (unpaired) electrons. The normalized spacial score (nSPS) is 12.9. The lowest BCUT2D eigenvalue weighted by Crippen LogP contribution is -1.91. The molecular weight excluding hydrogens is 198 g/mol. The molecule has 14 heavy (non-hydrogen) atoms. The Morgan fingerprint density at radius 2 is 2.00 bits per heavy atom. The lowest BCUT2D eigenvalue weighted by atomic mass is 10.2. The molecule has 4 heteroatoms. The van der Waals surface area contributed by atoms with Crippen molar-refractivity contribution in [2.24, 2.45) is 0 Å². The van der Waals surface area contributed by atoms with E-state index in [1.165, 1.54) is 0 Å². The molecule has 0 aliphatic heterocycles. The van der Waals surface area contributed by atoms with Crippen molar-refractivity contribution in [3.8, 4) is 5.75 Å². The van der Waals surface area contributed by atoms with Gasteiger partial charge in [0.1, 0.15) is 10.8 Å². The van der Waals surface area contributed by atoms with Crippen LogP contribution in [0.1, 0.15) is 0 Å². The first-order valence-electron chi connectivity index (χ1n) is 4.10. The van der Waals surface area contributed by atoms with E-state index < -0.39 is 10.8 Å². The number of phenolic OH excluding ortho intramolecular Hbond substituents is 1. The Morgan fingerprint density at radius 1 is 1.29 bits per heavy atom. The number of nitrogens with zero attached hydrogens (tertiary/aromatic N) is 1. The Bertz CT molecular complexity index is 510. The van der Waals surface area contributed by atoms with Crippen molar-refractivity contribution in [2.45, 2.75) is 5.03 Å². The summed E-state index contributed by atoms with van der Waals surface area (Å²) in [5.41, 5.74) is 0.665. The number of hydrogen-bond acceptors (Lipinski definition) is 3. The van der Waals surface area contributed by atoms with Gasteiger partial charge in [-0.3, -0.25) is 4.21 Å². The highest BCUT2D eigenvalue weighted by Crippen LogP contribution is 2.19. The SMILES string of the molecule is CS(=O)c1ccc2ccc(O)cc2n1. The fourth-order valence-electron chi connectivity index (χ4n) is 1.25. The van der Waals surface area contributed by atoms with E-state index in [1.807, 2.05) is 6.07 Å². The van der Waals surface area contributed by atoms with Crippen LogP contribution in [0, 0.1) is 0 Å². The second-order valence-electron chi connectivity index (χ2n) is 2.98. The van der Waals surface area contributed by atoms with Gasteiger partial charge < -0.3 is 5.11 Å². The van der Waals surface area contributed by atoms with Crippen LogP contribution in [-0.2, 0) is 10.8 Å². The minimum atomic E-state index is -1.08. The topological polar surface area (TPSA) is 50.2 Å². The Kier molecular flexibility index (Phi) is 2.21. The van der Waals surface area contributed by atoms with Gasteiger partial charge >= 0.3 is 0 Å². The number of fused-ring (bicyclic) bond motifs is 1. The zero-order valence-electron chi connectivity index (χ0n) is 7.60. The standard InChI is InChI=1S/C10H9NO2S/c1-14(13)10-5-3-7-2-4-8(12)6-9(7)11-10/h2-6,12H,1H3. The predicted molar refractivity (Wildman–Crippen MR) is 55.7 cm³/mol. The van der Waals surface area contributed by atoms with Gasteiger partial charge in [-0.05, 0) is 18.2 Å². The largest absolute Gasteiger partial charge is 0.508 e. The lowest BCUT2D eigenvalue weighted by molar-refractivity contribution is 0.476. The number of pyridine rings is 1. The van der Waals surface area contributed by atoms with Gasteiger partial charge in [-0.15, -0.1) is 0 Å². The summed E-state index contributed by atoms with van der Waals surface area (Å²) in [6, 6.07) is 8.52. The van der Waals surface area contributed by atoms with E-state index in [-0.39, 0.29) is 5.75 Å². The molecule has 0 bridgehead atoms. The van der Waals surface area contributed by atoms with Crippen LogP contribution in [0.3, 0.4) is 0 Å². The summed E-state index contributed by atoms with van der Waals surface area (Å²) >= 11 is 0. The molecule has 0 amide bonds. The second-order valence-corrected chi connectivity index (χ2v) is 4.31. The van der Waals surface area contributed by atoms with E-state index in [9.17, 15) is 9.32 Å². The molecule has 1 N–H and O–H groups in total. The van der Waals surface area contributed by atoms with Crippen LogP contribution in [0.2, 0.25) is 0 Å². The number of aromatic hydroxyl groups is 1. The summed E-state index contributed by atoms with van der Waals surface area (Å²) < 4.78 is 11.2. The van der Waals surface area contributed by atoms with Crippen LogP contribution in [0.15, 0.2) is 35.4 Å². The second kappa shape index (κ2) is 3.38. The molecule has 3 nitrogen and oxygen atoms in total. The third kappa shape index (κ3) is 1.61. The first-order valence-corrected chi connectivity index (χ1v) is 5.66. The molecule has 2 rings (SSSR count). The quantitative estimate of drug-likeness (QED) is 0.774. The molecule has 1 atom stereocenters. The van der Waals surface area contributed by atoms with Gasteiger partial charge in [-0.1, -0.05) is 6.07 Å². The highest BCUT2D eigenvalue weighted by Gasteiger charge is 2.01. The van der Waals surface area contributed by atoms with Gasteiger partial charge in [0.05, 0.1) is 16.3 Å². The van der Waals surface area contributed by atoms with Gasteiger partial charge in [0.15, 0.2) is 0 Å². The summed E-state index contributed by atoms with van der Waals surface area (Å²) in [4.78, 5) is 4.18. The van der Waals surface area contributed by atoms with Crippen molar-refractivity contribution in [1.82, 2.24) is 4.98 Å². The first-order chi connectivity index (χ1) is 6.66. The third-order valence-electron chi connectivity index (χ3n) is 1.94. The van der Waals surface area contributed by atoms with E-state index >= 15 is 0 Å². The van der Waals surface area contributed by atoms with Crippen molar-refractivity contribution < 1.29 is 9.32 Å². The molecule has 1 heterocycles. The van der Waals surface area contributed by atoms with E-state index in [0.717, 1.165) is 5.39 Å². The molecular formula is C10H9NO2S. The maximum Gasteiger partial charge on any atom is 0.127 e. The van der Waals surface area contributed by atoms with E-state index in [2.05, 4.69) is 4.98 Å². The van der Waals surface area contributed by atoms with Crippen molar-refractivity contribution in [3.05, 3.63) is 30.3 Å². The summed E-state index contributed by atoms with van der Waals surface area (Å²) in [5, 5.41) is 10.7. The molecule has 72 valence electrons. The first kappa shape index (κ1) is 9.15. The van der Waals surface area contributed by atoms with E-state index in [1.54, 1.807) is 30.5 Å². The molecule has 0 spiro atoms. The van der Waals surface area contributed by atoms with Gasteiger partial charge in [0, 0.05) is 17.7 Å². The average Bonchev–Trinajstić information content (AvgIpc) is 2.16. The zero-order valence-corrected chi connectivity index (χ0v) is 8.41. The molecule has 1 aromatic carbocycles. The van der Waals surface area contributed by atoms with Gasteiger partial charge in [0.25, 0.3) is 0 Å². The molecule has 0 fully saturated rings. The Labute approximate surface area is 83.9 Å². The van der Waals surface area contributed by atoms with Crippen LogP contribution < -0.4 is 0 Å². The average molecular weight is 207 g/mol. The molecule has 0 saturated carbocycles. The van der Waals surface area contributed by atoms with Crippen molar-refractivity contribution in [2.75, 3.05) is 6.26 Å². The van der Waals surface area contributed by atoms with E-state index in [4.69, 9.17) is 0 Å². The van der Waals surface area contributed by atoms with Crippen LogP contribution in [0.5, 0.6) is 5.75 Å². The smallest absolute Gasteiger partial charge is 0.127 e. The number of hydrogen-bond donors (Lipinski definition) is 1. The molecule has 1 aromatic heterocycles. The highest BCUT2D eigenvalue weighted by atomic mass is 32.2. The van der Waals surface area contributed by atoms with Crippen molar-refractivity contribution in [3.63, 3.8) is 0 Å². The van der Waals surface area contributed by atoms with Crippen LogP contribution in [-0.4, -0.2) is 20.6 Å². The molecule has 1 unspecified atom stereocenters. The van der Waals surface area contributed by atoms with Crippen molar-refractivity contribution in [1.29, 1.82) is 0 Å². The Balaban J connectivity index is 2.69. The highest BCUT2D eigenvalue weighted by molar-refractivity contribution is 7.84. The van der Waals surface area contributed by atoms with Crippen molar-refractivity contribution >= 4 is 21.7 Å². The number of aromatic nitrogens is 1. The number of rotatable bonds is 1. The summed E-state index contributed by atoms with van der Waals surface area (Å²) in [5.74, 6) is 0.170. The summed E-state index contributed by atoms with van der Waals surface area (Å²) in [7, 11) is -1.08. The summed E-state index contributed by atoms with van der Waals surface area (Å²) in [6.45, 7) is 0.